The number of carbonyl (C=O) groups is 2. The van der Waals surface area contributed by atoms with E-state index >= 15 is 0 Å². The SMILES string of the molecule is N#Cc1cc2c(N)c(C(=O)Nc3ccc(C(=O)O)cc3)sc2nc1N. The molecule has 124 valence electrons. The number of hydrogen-bond acceptors (Lipinski definition) is 7. The molecule has 0 aliphatic carbocycles. The molecule has 0 aliphatic heterocycles. The summed E-state index contributed by atoms with van der Waals surface area (Å²) < 4.78 is 0. The molecule has 8 nitrogen and oxygen atoms in total. The molecule has 1 aromatic carbocycles. The Hall–Kier alpha value is -3.64. The second-order valence-corrected chi connectivity index (χ2v) is 6.07. The molecular formula is C16H11N5O3S. The minimum absolute atomic E-state index is 0.0764. The molecule has 3 rings (SSSR count). The minimum atomic E-state index is -1.05. The van der Waals surface area contributed by atoms with Crippen molar-refractivity contribution < 1.29 is 14.7 Å². The first-order chi connectivity index (χ1) is 11.9. The Morgan fingerprint density at radius 3 is 2.52 bits per heavy atom. The average molecular weight is 353 g/mol. The highest BCUT2D eigenvalue weighted by molar-refractivity contribution is 7.21. The molecule has 0 bridgehead atoms. The number of anilines is 3. The van der Waals surface area contributed by atoms with Crippen molar-refractivity contribution in [1.82, 2.24) is 4.98 Å². The van der Waals surface area contributed by atoms with Crippen LogP contribution in [0.4, 0.5) is 17.2 Å². The predicted octanol–water partition coefficient (Wildman–Crippen LogP) is 2.28. The Balaban J connectivity index is 1.93. The topological polar surface area (TPSA) is 155 Å². The Kier molecular flexibility index (Phi) is 3.96. The van der Waals surface area contributed by atoms with Gasteiger partial charge in [0.15, 0.2) is 0 Å². The molecule has 0 atom stereocenters. The van der Waals surface area contributed by atoms with Crippen molar-refractivity contribution in [3.05, 3.63) is 46.3 Å². The van der Waals surface area contributed by atoms with Gasteiger partial charge in [0.25, 0.3) is 5.91 Å². The maximum atomic E-state index is 12.4. The number of nitriles is 1. The van der Waals surface area contributed by atoms with Gasteiger partial charge < -0.3 is 21.9 Å². The highest BCUT2D eigenvalue weighted by atomic mass is 32.1. The second kappa shape index (κ2) is 6.10. The van der Waals surface area contributed by atoms with Gasteiger partial charge in [0, 0.05) is 11.1 Å². The fraction of sp³-hybridized carbons (Fsp3) is 0. The number of pyridine rings is 1. The van der Waals surface area contributed by atoms with Gasteiger partial charge in [0.05, 0.1) is 16.8 Å². The normalized spacial score (nSPS) is 10.4. The van der Waals surface area contributed by atoms with Gasteiger partial charge in [-0.3, -0.25) is 4.79 Å². The molecule has 0 fully saturated rings. The molecule has 25 heavy (non-hydrogen) atoms. The van der Waals surface area contributed by atoms with Gasteiger partial charge in [-0.25, -0.2) is 9.78 Å². The number of rotatable bonds is 3. The number of nitrogens with two attached hydrogens (primary N) is 2. The van der Waals surface area contributed by atoms with Crippen molar-refractivity contribution in [1.29, 1.82) is 5.26 Å². The van der Waals surface area contributed by atoms with Gasteiger partial charge in [-0.2, -0.15) is 5.26 Å². The largest absolute Gasteiger partial charge is 0.478 e. The molecule has 0 saturated carbocycles. The van der Waals surface area contributed by atoms with E-state index in [1.165, 1.54) is 30.3 Å². The summed E-state index contributed by atoms with van der Waals surface area (Å²) in [6.45, 7) is 0. The molecule has 1 amide bonds. The Morgan fingerprint density at radius 1 is 1.24 bits per heavy atom. The van der Waals surface area contributed by atoms with Crippen molar-refractivity contribution in [2.75, 3.05) is 16.8 Å². The third-order valence-electron chi connectivity index (χ3n) is 3.47. The van der Waals surface area contributed by atoms with Crippen LogP contribution in [-0.4, -0.2) is 22.0 Å². The molecule has 0 aliphatic rings. The number of nitrogens with one attached hydrogen (secondary N) is 1. The molecule has 6 N–H and O–H groups in total. The van der Waals surface area contributed by atoms with Crippen LogP contribution in [0.5, 0.6) is 0 Å². The van der Waals surface area contributed by atoms with E-state index in [4.69, 9.17) is 21.8 Å². The summed E-state index contributed by atoms with van der Waals surface area (Å²) in [6, 6.07) is 9.15. The van der Waals surface area contributed by atoms with Gasteiger partial charge in [0.1, 0.15) is 21.6 Å². The van der Waals surface area contributed by atoms with Crippen molar-refractivity contribution in [3.63, 3.8) is 0 Å². The zero-order valence-electron chi connectivity index (χ0n) is 12.6. The summed E-state index contributed by atoms with van der Waals surface area (Å²) in [5, 5.41) is 21.0. The van der Waals surface area contributed by atoms with E-state index in [9.17, 15) is 9.59 Å². The van der Waals surface area contributed by atoms with E-state index in [-0.39, 0.29) is 27.5 Å². The highest BCUT2D eigenvalue weighted by Crippen LogP contribution is 2.34. The van der Waals surface area contributed by atoms with E-state index < -0.39 is 11.9 Å². The number of thiophene rings is 1. The number of amides is 1. The van der Waals surface area contributed by atoms with Crippen LogP contribution in [0, 0.1) is 11.3 Å². The summed E-state index contributed by atoms with van der Waals surface area (Å²) >= 11 is 1.06. The average Bonchev–Trinajstić information content (AvgIpc) is 2.90. The first-order valence-corrected chi connectivity index (χ1v) is 7.75. The number of hydrogen-bond donors (Lipinski definition) is 4. The van der Waals surface area contributed by atoms with Gasteiger partial charge >= 0.3 is 5.97 Å². The summed E-state index contributed by atoms with van der Waals surface area (Å²) in [4.78, 5) is 28.1. The van der Waals surface area contributed by atoms with E-state index in [0.717, 1.165) is 11.3 Å². The number of carboxylic acids is 1. The Bertz CT molecular complexity index is 1050. The van der Waals surface area contributed by atoms with Crippen molar-refractivity contribution in [2.45, 2.75) is 0 Å². The number of aromatic nitrogens is 1. The monoisotopic (exact) mass is 353 g/mol. The van der Waals surface area contributed by atoms with Crippen LogP contribution >= 0.6 is 11.3 Å². The zero-order chi connectivity index (χ0) is 18.1. The third kappa shape index (κ3) is 2.93. The summed E-state index contributed by atoms with van der Waals surface area (Å²) in [6.07, 6.45) is 0. The Morgan fingerprint density at radius 2 is 1.92 bits per heavy atom. The Labute approximate surface area is 145 Å². The first kappa shape index (κ1) is 16.2. The predicted molar refractivity (Wildman–Crippen MR) is 94.5 cm³/mol. The number of nitrogens with zero attached hydrogens (tertiary/aromatic N) is 2. The minimum Gasteiger partial charge on any atom is -0.478 e. The summed E-state index contributed by atoms with van der Waals surface area (Å²) in [7, 11) is 0. The number of carbonyl (C=O) groups excluding carboxylic acids is 1. The molecule has 2 aromatic heterocycles. The van der Waals surface area contributed by atoms with Crippen molar-refractivity contribution in [3.8, 4) is 6.07 Å². The quantitative estimate of drug-likeness (QED) is 0.563. The molecule has 0 saturated heterocycles. The smallest absolute Gasteiger partial charge is 0.335 e. The molecule has 3 aromatic rings. The maximum Gasteiger partial charge on any atom is 0.335 e. The van der Waals surface area contributed by atoms with E-state index in [0.29, 0.717) is 15.9 Å². The van der Waals surface area contributed by atoms with Crippen molar-refractivity contribution >= 4 is 50.6 Å². The van der Waals surface area contributed by atoms with Crippen LogP contribution in [-0.2, 0) is 0 Å². The molecule has 0 spiro atoms. The first-order valence-electron chi connectivity index (χ1n) is 6.94. The highest BCUT2D eigenvalue weighted by Gasteiger charge is 2.19. The number of benzene rings is 1. The summed E-state index contributed by atoms with van der Waals surface area (Å²) in [5.74, 6) is -1.43. The number of carboxylic acid groups (broad SMARTS) is 1. The van der Waals surface area contributed by atoms with Crippen LogP contribution in [0.25, 0.3) is 10.2 Å². The third-order valence-corrected chi connectivity index (χ3v) is 4.58. The van der Waals surface area contributed by atoms with Gasteiger partial charge in [-0.1, -0.05) is 0 Å². The summed E-state index contributed by atoms with van der Waals surface area (Å²) in [5.41, 5.74) is 12.6. The van der Waals surface area contributed by atoms with Gasteiger partial charge in [-0.15, -0.1) is 11.3 Å². The standard InChI is InChI=1S/C16H11N5O3S/c17-6-8-5-10-11(18)12(25-15(10)21-13(8)19)14(22)20-9-3-1-7(2-4-9)16(23)24/h1-5H,18H2,(H2,19,21)(H,20,22)(H,23,24). The molecule has 2 heterocycles. The van der Waals surface area contributed by atoms with Crippen LogP contribution in [0.2, 0.25) is 0 Å². The lowest BCUT2D eigenvalue weighted by Gasteiger charge is -2.04. The maximum absolute atomic E-state index is 12.4. The van der Waals surface area contributed by atoms with E-state index in [1.807, 2.05) is 6.07 Å². The number of aromatic carboxylic acids is 1. The van der Waals surface area contributed by atoms with E-state index in [1.54, 1.807) is 0 Å². The van der Waals surface area contributed by atoms with Gasteiger partial charge in [0.2, 0.25) is 0 Å². The fourth-order valence-corrected chi connectivity index (χ4v) is 3.18. The fourth-order valence-electron chi connectivity index (χ4n) is 2.20. The molecule has 0 unspecified atom stereocenters. The van der Waals surface area contributed by atoms with Gasteiger partial charge in [-0.05, 0) is 30.3 Å². The van der Waals surface area contributed by atoms with Crippen LogP contribution in [0.3, 0.4) is 0 Å². The number of nitrogen functional groups attached to an aromatic ring is 2. The molecule has 0 radical (unpaired) electrons. The molecule has 9 heteroatoms. The van der Waals surface area contributed by atoms with Crippen LogP contribution in [0.1, 0.15) is 25.6 Å². The number of fused-ring (bicyclic) bond motifs is 1. The lowest BCUT2D eigenvalue weighted by molar-refractivity contribution is 0.0696. The lowest BCUT2D eigenvalue weighted by Crippen LogP contribution is -2.12. The van der Waals surface area contributed by atoms with Crippen LogP contribution < -0.4 is 16.8 Å². The lowest BCUT2D eigenvalue weighted by atomic mass is 10.2. The molecular weight excluding hydrogens is 342 g/mol. The second-order valence-electron chi connectivity index (χ2n) is 5.07. The zero-order valence-corrected chi connectivity index (χ0v) is 13.4. The van der Waals surface area contributed by atoms with Crippen molar-refractivity contribution in [2.24, 2.45) is 0 Å². The van der Waals surface area contributed by atoms with Crippen LogP contribution in [0.15, 0.2) is 30.3 Å². The van der Waals surface area contributed by atoms with E-state index in [2.05, 4.69) is 10.3 Å².